The predicted octanol–water partition coefficient (Wildman–Crippen LogP) is -1.56. The number of aliphatic hydroxyl groups is 3. The first-order chi connectivity index (χ1) is 7.02. The minimum atomic E-state index is -1.58. The van der Waals surface area contributed by atoms with E-state index < -0.39 is 36.5 Å². The average molecular weight is 332 g/mol. The van der Waals surface area contributed by atoms with Crippen molar-refractivity contribution in [1.29, 1.82) is 0 Å². The number of carbonyl (C=O) groups excluding carboxylic acids is 1. The third-order valence-electron chi connectivity index (χ3n) is 2.31. The summed E-state index contributed by atoms with van der Waals surface area (Å²) in [5.74, 6) is -0.889. The van der Waals surface area contributed by atoms with Crippen molar-refractivity contribution in [3.63, 3.8) is 0 Å². The Hall–Kier alpha value is 0.0400. The van der Waals surface area contributed by atoms with Gasteiger partial charge in [-0.25, -0.2) is 4.79 Å². The Kier molecular flexibility index (Phi) is 4.71. The molecule has 0 aromatic carbocycles. The first kappa shape index (κ1) is 13.1. The lowest BCUT2D eigenvalue weighted by molar-refractivity contribution is -0.161. The lowest BCUT2D eigenvalue weighted by atomic mass is 10.0. The molecule has 6 nitrogen and oxygen atoms in total. The second-order valence-electron chi connectivity index (χ2n) is 3.24. The summed E-state index contributed by atoms with van der Waals surface area (Å²) in [5.41, 5.74) is 0. The van der Waals surface area contributed by atoms with Crippen LogP contribution in [0.15, 0.2) is 0 Å². The van der Waals surface area contributed by atoms with E-state index in [1.165, 1.54) is 0 Å². The molecule has 0 aromatic heterocycles. The van der Waals surface area contributed by atoms with Gasteiger partial charge in [0.2, 0.25) is 0 Å². The van der Waals surface area contributed by atoms with Crippen LogP contribution in [0, 0.1) is 0 Å². The smallest absolute Gasteiger partial charge is 0.337 e. The Morgan fingerprint density at radius 3 is 2.53 bits per heavy atom. The van der Waals surface area contributed by atoms with Crippen molar-refractivity contribution in [3.05, 3.63) is 0 Å². The number of methoxy groups -OCH3 is 1. The summed E-state index contributed by atoms with van der Waals surface area (Å²) < 4.78 is 9.93. The van der Waals surface area contributed by atoms with Crippen molar-refractivity contribution in [2.24, 2.45) is 0 Å². The zero-order valence-electron chi connectivity index (χ0n) is 8.04. The Bertz CT molecular complexity index is 235. The van der Waals surface area contributed by atoms with Gasteiger partial charge in [0.1, 0.15) is 18.3 Å². The highest BCUT2D eigenvalue weighted by molar-refractivity contribution is 14.1. The molecular formula is C8H13IO6. The number of aliphatic hydroxyl groups excluding tert-OH is 3. The summed E-state index contributed by atoms with van der Waals surface area (Å²) in [6.07, 6.45) is -5.66. The Morgan fingerprint density at radius 2 is 2.13 bits per heavy atom. The Labute approximate surface area is 100 Å². The number of hydrogen-bond donors (Lipinski definition) is 3. The zero-order chi connectivity index (χ0) is 11.6. The minimum absolute atomic E-state index is 0.459. The standard InChI is InChI=1S/C8H13IO6/c1-14-8(13)6(12)7-5(11)4(10)3(2-9)15-7/h3-7,10-12H,2H2,1H3/t3-,4-,5+,6-,7+/m0/s1. The Balaban J connectivity index is 2.68. The highest BCUT2D eigenvalue weighted by Gasteiger charge is 2.47. The van der Waals surface area contributed by atoms with Crippen molar-refractivity contribution in [3.8, 4) is 0 Å². The van der Waals surface area contributed by atoms with Crippen molar-refractivity contribution >= 4 is 28.6 Å². The van der Waals surface area contributed by atoms with Crippen LogP contribution >= 0.6 is 22.6 Å². The van der Waals surface area contributed by atoms with Crippen molar-refractivity contribution in [1.82, 2.24) is 0 Å². The second kappa shape index (κ2) is 5.39. The quantitative estimate of drug-likeness (QED) is 0.329. The van der Waals surface area contributed by atoms with E-state index >= 15 is 0 Å². The van der Waals surface area contributed by atoms with Crippen LogP contribution in [-0.2, 0) is 14.3 Å². The molecule has 0 unspecified atom stereocenters. The van der Waals surface area contributed by atoms with Gasteiger partial charge in [0.25, 0.3) is 0 Å². The van der Waals surface area contributed by atoms with Gasteiger partial charge in [-0.1, -0.05) is 22.6 Å². The Morgan fingerprint density at radius 1 is 1.53 bits per heavy atom. The number of esters is 1. The number of halogens is 1. The number of ether oxygens (including phenoxy) is 2. The molecule has 0 bridgehead atoms. The molecule has 1 saturated heterocycles. The van der Waals surface area contributed by atoms with E-state index in [0.29, 0.717) is 4.43 Å². The van der Waals surface area contributed by atoms with Gasteiger partial charge in [-0.05, 0) is 0 Å². The third kappa shape index (κ3) is 2.59. The number of alkyl halides is 1. The number of carbonyl (C=O) groups is 1. The summed E-state index contributed by atoms with van der Waals surface area (Å²) in [6.45, 7) is 0. The van der Waals surface area contributed by atoms with Crippen LogP contribution in [0.3, 0.4) is 0 Å². The summed E-state index contributed by atoms with van der Waals surface area (Å²) in [7, 11) is 1.12. The van der Waals surface area contributed by atoms with Crippen LogP contribution in [0.5, 0.6) is 0 Å². The molecule has 0 saturated carbocycles. The SMILES string of the molecule is COC(=O)[C@@H](O)[C@@H]1O[C@@H](CI)[C@H](O)[C@H]1O. The van der Waals surface area contributed by atoms with E-state index in [-0.39, 0.29) is 0 Å². The third-order valence-corrected chi connectivity index (χ3v) is 3.17. The molecule has 0 spiro atoms. The zero-order valence-corrected chi connectivity index (χ0v) is 10.2. The van der Waals surface area contributed by atoms with Gasteiger partial charge >= 0.3 is 5.97 Å². The molecule has 0 amide bonds. The summed E-state index contributed by atoms with van der Waals surface area (Å²) in [6, 6.07) is 0. The monoisotopic (exact) mass is 332 g/mol. The molecule has 7 heteroatoms. The van der Waals surface area contributed by atoms with Crippen LogP contribution in [0.1, 0.15) is 0 Å². The molecule has 0 aromatic rings. The molecule has 88 valence electrons. The first-order valence-electron chi connectivity index (χ1n) is 4.36. The highest BCUT2D eigenvalue weighted by atomic mass is 127. The van der Waals surface area contributed by atoms with E-state index in [1.54, 1.807) is 0 Å². The van der Waals surface area contributed by atoms with E-state index in [2.05, 4.69) is 4.74 Å². The van der Waals surface area contributed by atoms with Gasteiger partial charge in [0, 0.05) is 4.43 Å². The van der Waals surface area contributed by atoms with Gasteiger partial charge < -0.3 is 24.8 Å². The van der Waals surface area contributed by atoms with Gasteiger partial charge in [-0.2, -0.15) is 0 Å². The molecule has 5 atom stereocenters. The van der Waals surface area contributed by atoms with E-state index in [4.69, 9.17) is 4.74 Å². The molecule has 1 rings (SSSR count). The fraction of sp³-hybridized carbons (Fsp3) is 0.875. The van der Waals surface area contributed by atoms with Crippen LogP contribution in [0.2, 0.25) is 0 Å². The molecule has 1 heterocycles. The molecule has 1 fully saturated rings. The first-order valence-corrected chi connectivity index (χ1v) is 5.89. The fourth-order valence-electron chi connectivity index (χ4n) is 1.42. The lowest BCUT2D eigenvalue weighted by Crippen LogP contribution is -2.43. The summed E-state index contributed by atoms with van der Waals surface area (Å²) in [5, 5.41) is 28.5. The van der Waals surface area contributed by atoms with Gasteiger partial charge in [-0.15, -0.1) is 0 Å². The van der Waals surface area contributed by atoms with Gasteiger partial charge in [-0.3, -0.25) is 0 Å². The largest absolute Gasteiger partial charge is 0.467 e. The van der Waals surface area contributed by atoms with Crippen molar-refractivity contribution < 1.29 is 29.6 Å². The predicted molar refractivity (Wildman–Crippen MR) is 57.6 cm³/mol. The minimum Gasteiger partial charge on any atom is -0.467 e. The van der Waals surface area contributed by atoms with E-state index in [9.17, 15) is 20.1 Å². The van der Waals surface area contributed by atoms with E-state index in [1.807, 2.05) is 22.6 Å². The molecular weight excluding hydrogens is 319 g/mol. The maximum absolute atomic E-state index is 11.0. The molecule has 1 aliphatic rings. The molecule has 1 aliphatic heterocycles. The van der Waals surface area contributed by atoms with Crippen LogP contribution in [0.4, 0.5) is 0 Å². The summed E-state index contributed by atoms with van der Waals surface area (Å²) in [4.78, 5) is 11.0. The molecule has 15 heavy (non-hydrogen) atoms. The molecule has 3 N–H and O–H groups in total. The maximum atomic E-state index is 11.0. The van der Waals surface area contributed by atoms with E-state index in [0.717, 1.165) is 7.11 Å². The maximum Gasteiger partial charge on any atom is 0.337 e. The van der Waals surface area contributed by atoms with Crippen LogP contribution < -0.4 is 0 Å². The number of hydrogen-bond acceptors (Lipinski definition) is 6. The van der Waals surface area contributed by atoms with Crippen molar-refractivity contribution in [2.45, 2.75) is 30.5 Å². The average Bonchev–Trinajstić information content (AvgIpc) is 2.54. The number of rotatable bonds is 3. The van der Waals surface area contributed by atoms with Gasteiger partial charge in [0.05, 0.1) is 13.2 Å². The summed E-state index contributed by atoms with van der Waals surface area (Å²) >= 11 is 1.98. The fourth-order valence-corrected chi connectivity index (χ4v) is 2.15. The molecule has 0 radical (unpaired) electrons. The lowest BCUT2D eigenvalue weighted by Gasteiger charge is -2.18. The van der Waals surface area contributed by atoms with Gasteiger partial charge in [0.15, 0.2) is 6.10 Å². The molecule has 0 aliphatic carbocycles. The van der Waals surface area contributed by atoms with Crippen LogP contribution in [0.25, 0.3) is 0 Å². The second-order valence-corrected chi connectivity index (χ2v) is 4.12. The van der Waals surface area contributed by atoms with Crippen molar-refractivity contribution in [2.75, 3.05) is 11.5 Å². The topological polar surface area (TPSA) is 96.2 Å². The van der Waals surface area contributed by atoms with Crippen LogP contribution in [-0.4, -0.2) is 63.3 Å². The highest BCUT2D eigenvalue weighted by Crippen LogP contribution is 2.25. The normalized spacial score (nSPS) is 37.7.